The number of hydrogen-bond donors (Lipinski definition) is 1. The van der Waals surface area contributed by atoms with Crippen LogP contribution in [0.5, 0.6) is 5.75 Å². The Kier molecular flexibility index (Phi) is 3.71. The summed E-state index contributed by atoms with van der Waals surface area (Å²) in [6.45, 7) is 3.36. The first-order chi connectivity index (χ1) is 9.60. The lowest BCUT2D eigenvalue weighted by atomic mass is 10.0. The van der Waals surface area contributed by atoms with Crippen LogP contribution in [0.4, 0.5) is 0 Å². The molecule has 2 aliphatic rings. The molecule has 110 valence electrons. The van der Waals surface area contributed by atoms with E-state index in [4.69, 9.17) is 14.2 Å². The summed E-state index contributed by atoms with van der Waals surface area (Å²) in [5.41, 5.74) is 0.677. The molecule has 2 fully saturated rings. The highest BCUT2D eigenvalue weighted by atomic mass is 16.6. The van der Waals surface area contributed by atoms with Gasteiger partial charge in [0, 0.05) is 13.2 Å². The maximum Gasteiger partial charge on any atom is 0.193 e. The van der Waals surface area contributed by atoms with E-state index in [2.05, 4.69) is 0 Å². The van der Waals surface area contributed by atoms with Gasteiger partial charge < -0.3 is 19.3 Å². The Morgan fingerprint density at radius 3 is 2.50 bits per heavy atom. The third kappa shape index (κ3) is 2.55. The van der Waals surface area contributed by atoms with Crippen molar-refractivity contribution in [1.29, 1.82) is 0 Å². The quantitative estimate of drug-likeness (QED) is 0.859. The number of rotatable bonds is 4. The molecule has 1 saturated heterocycles. The molecular formula is C16H22O4. The van der Waals surface area contributed by atoms with E-state index in [0.717, 1.165) is 26.1 Å². The van der Waals surface area contributed by atoms with E-state index in [1.165, 1.54) is 0 Å². The van der Waals surface area contributed by atoms with Crippen LogP contribution in [-0.2, 0) is 15.3 Å². The molecule has 0 bridgehead atoms. The smallest absolute Gasteiger partial charge is 0.193 e. The summed E-state index contributed by atoms with van der Waals surface area (Å²) in [6.07, 6.45) is 2.03. The number of methoxy groups -OCH3 is 1. The molecule has 20 heavy (non-hydrogen) atoms. The molecule has 1 aliphatic heterocycles. The number of fused-ring (bicyclic) bond motifs is 1. The van der Waals surface area contributed by atoms with Gasteiger partial charge in [0.1, 0.15) is 5.75 Å². The Morgan fingerprint density at radius 2 is 1.85 bits per heavy atom. The van der Waals surface area contributed by atoms with Gasteiger partial charge in [-0.15, -0.1) is 0 Å². The minimum Gasteiger partial charge on any atom is -0.496 e. The Hall–Kier alpha value is -1.10. The van der Waals surface area contributed by atoms with Crippen LogP contribution in [0.2, 0.25) is 0 Å². The molecule has 3 atom stereocenters. The van der Waals surface area contributed by atoms with Crippen molar-refractivity contribution in [2.24, 2.45) is 11.8 Å². The van der Waals surface area contributed by atoms with Gasteiger partial charge in [0.25, 0.3) is 0 Å². The maximum atomic E-state index is 10.7. The molecule has 3 rings (SSSR count). The first-order valence-electron chi connectivity index (χ1n) is 7.21. The fourth-order valence-corrected chi connectivity index (χ4v) is 3.45. The Labute approximate surface area is 119 Å². The molecule has 1 aliphatic carbocycles. The van der Waals surface area contributed by atoms with Gasteiger partial charge in [-0.05, 0) is 43.7 Å². The fraction of sp³-hybridized carbons (Fsp3) is 0.625. The van der Waals surface area contributed by atoms with Crippen molar-refractivity contribution in [2.45, 2.75) is 31.7 Å². The molecule has 1 aromatic carbocycles. The van der Waals surface area contributed by atoms with E-state index in [0.29, 0.717) is 23.1 Å². The third-order valence-corrected chi connectivity index (χ3v) is 4.46. The minimum absolute atomic E-state index is 0.0915. The van der Waals surface area contributed by atoms with Crippen molar-refractivity contribution in [3.8, 4) is 5.75 Å². The summed E-state index contributed by atoms with van der Waals surface area (Å²) < 4.78 is 16.8. The van der Waals surface area contributed by atoms with Crippen molar-refractivity contribution in [3.63, 3.8) is 0 Å². The molecule has 4 heteroatoms. The van der Waals surface area contributed by atoms with Gasteiger partial charge >= 0.3 is 0 Å². The maximum absolute atomic E-state index is 10.7. The highest BCUT2D eigenvalue weighted by Gasteiger charge is 2.42. The number of ether oxygens (including phenoxy) is 3. The first kappa shape index (κ1) is 13.9. The highest BCUT2D eigenvalue weighted by molar-refractivity contribution is 5.36. The lowest BCUT2D eigenvalue weighted by Crippen LogP contribution is -2.31. The van der Waals surface area contributed by atoms with Gasteiger partial charge in [0.15, 0.2) is 5.79 Å². The summed E-state index contributed by atoms with van der Waals surface area (Å²) in [5.74, 6) is 0.512. The van der Waals surface area contributed by atoms with Crippen molar-refractivity contribution in [3.05, 3.63) is 29.8 Å². The van der Waals surface area contributed by atoms with E-state index in [9.17, 15) is 5.11 Å². The Bertz CT molecular complexity index is 459. The number of benzene rings is 1. The SMILES string of the molecule is COc1ccccc1[C@](C)(O)OC1CC2COCC2C1. The van der Waals surface area contributed by atoms with Gasteiger partial charge in [0.2, 0.25) is 0 Å². The summed E-state index contributed by atoms with van der Waals surface area (Å²) in [4.78, 5) is 0. The Morgan fingerprint density at radius 1 is 1.20 bits per heavy atom. The Balaban J connectivity index is 1.72. The second-order valence-corrected chi connectivity index (χ2v) is 5.95. The fourth-order valence-electron chi connectivity index (χ4n) is 3.45. The van der Waals surface area contributed by atoms with Crippen LogP contribution in [-0.4, -0.2) is 31.5 Å². The average molecular weight is 278 g/mol. The summed E-state index contributed by atoms with van der Waals surface area (Å²) in [5, 5.41) is 10.7. The predicted octanol–water partition coefficient (Wildman–Crippen LogP) is 2.30. The number of hydrogen-bond acceptors (Lipinski definition) is 4. The minimum atomic E-state index is -1.32. The van der Waals surface area contributed by atoms with E-state index in [1.807, 2.05) is 24.3 Å². The highest BCUT2D eigenvalue weighted by Crippen LogP contribution is 2.41. The molecular weight excluding hydrogens is 256 g/mol. The number of aliphatic hydroxyl groups is 1. The molecule has 2 unspecified atom stereocenters. The molecule has 0 radical (unpaired) electrons. The van der Waals surface area contributed by atoms with E-state index in [-0.39, 0.29) is 6.10 Å². The normalized spacial score (nSPS) is 31.9. The molecule has 0 aromatic heterocycles. The lowest BCUT2D eigenvalue weighted by Gasteiger charge is -2.29. The summed E-state index contributed by atoms with van der Waals surface area (Å²) in [7, 11) is 1.60. The monoisotopic (exact) mass is 278 g/mol. The zero-order chi connectivity index (χ0) is 14.2. The first-order valence-corrected chi connectivity index (χ1v) is 7.21. The molecule has 1 aromatic rings. The molecule has 1 heterocycles. The number of para-hydroxylation sites is 1. The van der Waals surface area contributed by atoms with Crippen LogP contribution in [0.25, 0.3) is 0 Å². The van der Waals surface area contributed by atoms with Crippen molar-refractivity contribution < 1.29 is 19.3 Å². The van der Waals surface area contributed by atoms with Crippen molar-refractivity contribution in [2.75, 3.05) is 20.3 Å². The van der Waals surface area contributed by atoms with Gasteiger partial charge in [-0.2, -0.15) is 0 Å². The largest absolute Gasteiger partial charge is 0.496 e. The van der Waals surface area contributed by atoms with Crippen LogP contribution in [0.3, 0.4) is 0 Å². The van der Waals surface area contributed by atoms with E-state index >= 15 is 0 Å². The molecule has 0 spiro atoms. The van der Waals surface area contributed by atoms with Gasteiger partial charge in [0.05, 0.1) is 18.8 Å². The van der Waals surface area contributed by atoms with Crippen LogP contribution >= 0.6 is 0 Å². The zero-order valence-corrected chi connectivity index (χ0v) is 12.0. The van der Waals surface area contributed by atoms with E-state index in [1.54, 1.807) is 14.0 Å². The molecule has 1 saturated carbocycles. The van der Waals surface area contributed by atoms with Crippen molar-refractivity contribution in [1.82, 2.24) is 0 Å². The second kappa shape index (κ2) is 5.35. The van der Waals surface area contributed by atoms with Gasteiger partial charge in [-0.3, -0.25) is 0 Å². The van der Waals surface area contributed by atoms with Crippen molar-refractivity contribution >= 4 is 0 Å². The van der Waals surface area contributed by atoms with Crippen LogP contribution in [0.1, 0.15) is 25.3 Å². The molecule has 4 nitrogen and oxygen atoms in total. The topological polar surface area (TPSA) is 47.9 Å². The summed E-state index contributed by atoms with van der Waals surface area (Å²) in [6, 6.07) is 7.45. The van der Waals surface area contributed by atoms with Gasteiger partial charge in [-0.1, -0.05) is 12.1 Å². The predicted molar refractivity (Wildman–Crippen MR) is 74.5 cm³/mol. The van der Waals surface area contributed by atoms with Crippen LogP contribution < -0.4 is 4.74 Å². The van der Waals surface area contributed by atoms with Crippen LogP contribution in [0.15, 0.2) is 24.3 Å². The average Bonchev–Trinajstić information content (AvgIpc) is 2.99. The van der Waals surface area contributed by atoms with Crippen LogP contribution in [0, 0.1) is 11.8 Å². The molecule has 0 amide bonds. The zero-order valence-electron chi connectivity index (χ0n) is 12.0. The lowest BCUT2D eigenvalue weighted by molar-refractivity contribution is -0.227. The third-order valence-electron chi connectivity index (χ3n) is 4.46. The summed E-state index contributed by atoms with van der Waals surface area (Å²) >= 11 is 0. The molecule has 1 N–H and O–H groups in total. The standard InChI is InChI=1S/C16H22O4/c1-16(17,14-5-3-4-6-15(14)18-2)20-13-7-11-9-19-10-12(11)8-13/h3-6,11-13,17H,7-10H2,1-2H3/t11?,12?,13?,16-/m1/s1. The van der Waals surface area contributed by atoms with E-state index < -0.39 is 5.79 Å². The second-order valence-electron chi connectivity index (χ2n) is 5.95. The van der Waals surface area contributed by atoms with Gasteiger partial charge in [-0.25, -0.2) is 0 Å².